The molecule has 0 unspecified atom stereocenters. The number of aromatic nitrogens is 4. The standard InChI is InChI=1S/C11H14N4/c1-9(2)7-15-8-11(13-14-15)10-5-3-4-6-12-10/h3-6,8-9H,7H2,1-2H3. The van der Waals surface area contributed by atoms with Gasteiger partial charge in [0, 0.05) is 12.7 Å². The van der Waals surface area contributed by atoms with Gasteiger partial charge in [-0.15, -0.1) is 5.10 Å². The van der Waals surface area contributed by atoms with Gasteiger partial charge >= 0.3 is 0 Å². The summed E-state index contributed by atoms with van der Waals surface area (Å²) in [6, 6.07) is 5.77. The Kier molecular flexibility index (Phi) is 2.76. The van der Waals surface area contributed by atoms with E-state index in [4.69, 9.17) is 0 Å². The van der Waals surface area contributed by atoms with Gasteiger partial charge in [0.25, 0.3) is 0 Å². The molecule has 0 N–H and O–H groups in total. The highest BCUT2D eigenvalue weighted by Gasteiger charge is 2.04. The van der Waals surface area contributed by atoms with Crippen molar-refractivity contribution in [3.63, 3.8) is 0 Å². The maximum atomic E-state index is 4.23. The number of nitrogens with zero attached hydrogens (tertiary/aromatic N) is 4. The topological polar surface area (TPSA) is 43.6 Å². The second kappa shape index (κ2) is 4.21. The zero-order valence-corrected chi connectivity index (χ0v) is 8.96. The van der Waals surface area contributed by atoms with E-state index in [1.807, 2.05) is 29.1 Å². The zero-order chi connectivity index (χ0) is 10.7. The van der Waals surface area contributed by atoms with E-state index < -0.39 is 0 Å². The summed E-state index contributed by atoms with van der Waals surface area (Å²) >= 11 is 0. The van der Waals surface area contributed by atoms with Crippen LogP contribution in [0.5, 0.6) is 0 Å². The number of rotatable bonds is 3. The van der Waals surface area contributed by atoms with Crippen LogP contribution in [0, 0.1) is 5.92 Å². The first kappa shape index (κ1) is 9.83. The van der Waals surface area contributed by atoms with Crippen LogP contribution < -0.4 is 0 Å². The third kappa shape index (κ3) is 2.40. The van der Waals surface area contributed by atoms with E-state index in [0.29, 0.717) is 5.92 Å². The minimum atomic E-state index is 0.572. The molecule has 78 valence electrons. The summed E-state index contributed by atoms with van der Waals surface area (Å²) in [5.74, 6) is 0.572. The minimum absolute atomic E-state index is 0.572. The number of hydrogen-bond donors (Lipinski definition) is 0. The summed E-state index contributed by atoms with van der Waals surface area (Å²) < 4.78 is 1.86. The van der Waals surface area contributed by atoms with Gasteiger partial charge in [-0.05, 0) is 18.1 Å². The molecule has 15 heavy (non-hydrogen) atoms. The van der Waals surface area contributed by atoms with Gasteiger partial charge in [-0.2, -0.15) is 0 Å². The highest BCUT2D eigenvalue weighted by molar-refractivity contribution is 5.51. The minimum Gasteiger partial charge on any atom is -0.254 e. The van der Waals surface area contributed by atoms with Gasteiger partial charge in [0.05, 0.1) is 11.9 Å². The van der Waals surface area contributed by atoms with Crippen LogP contribution in [0.4, 0.5) is 0 Å². The van der Waals surface area contributed by atoms with Gasteiger partial charge in [-0.3, -0.25) is 9.67 Å². The van der Waals surface area contributed by atoms with Crippen molar-refractivity contribution < 1.29 is 0 Å². The van der Waals surface area contributed by atoms with Crippen molar-refractivity contribution >= 4 is 0 Å². The smallest absolute Gasteiger partial charge is 0.131 e. The highest BCUT2D eigenvalue weighted by atomic mass is 15.4. The maximum absolute atomic E-state index is 4.23. The molecule has 0 amide bonds. The molecule has 2 aromatic rings. The molecule has 0 aromatic carbocycles. The van der Waals surface area contributed by atoms with Gasteiger partial charge in [-0.1, -0.05) is 25.1 Å². The third-order valence-electron chi connectivity index (χ3n) is 2.02. The molecule has 0 aliphatic heterocycles. The SMILES string of the molecule is CC(C)Cn1cc(-c2ccccn2)nn1. The molecule has 2 rings (SSSR count). The van der Waals surface area contributed by atoms with Crippen molar-refractivity contribution in [2.24, 2.45) is 5.92 Å². The van der Waals surface area contributed by atoms with Crippen LogP contribution in [0.2, 0.25) is 0 Å². The van der Waals surface area contributed by atoms with E-state index in [0.717, 1.165) is 17.9 Å². The number of hydrogen-bond acceptors (Lipinski definition) is 3. The van der Waals surface area contributed by atoms with Crippen molar-refractivity contribution in [2.75, 3.05) is 0 Å². The molecular formula is C11H14N4. The van der Waals surface area contributed by atoms with E-state index in [9.17, 15) is 0 Å². The Balaban J connectivity index is 2.21. The van der Waals surface area contributed by atoms with Crippen molar-refractivity contribution in [1.82, 2.24) is 20.0 Å². The Hall–Kier alpha value is -1.71. The van der Waals surface area contributed by atoms with Gasteiger partial charge in [0.2, 0.25) is 0 Å². The molecule has 2 aromatic heterocycles. The Morgan fingerprint density at radius 1 is 1.27 bits per heavy atom. The van der Waals surface area contributed by atoms with Crippen molar-refractivity contribution in [1.29, 1.82) is 0 Å². The van der Waals surface area contributed by atoms with E-state index in [-0.39, 0.29) is 0 Å². The average Bonchev–Trinajstić information content (AvgIpc) is 2.67. The fourth-order valence-electron chi connectivity index (χ4n) is 1.39. The van der Waals surface area contributed by atoms with E-state index in [1.165, 1.54) is 0 Å². The lowest BCUT2D eigenvalue weighted by Crippen LogP contribution is -2.04. The van der Waals surface area contributed by atoms with Crippen LogP contribution >= 0.6 is 0 Å². The molecule has 0 spiro atoms. The predicted molar refractivity (Wildman–Crippen MR) is 58.1 cm³/mol. The largest absolute Gasteiger partial charge is 0.254 e. The molecule has 0 fully saturated rings. The summed E-state index contributed by atoms with van der Waals surface area (Å²) in [7, 11) is 0. The second-order valence-corrected chi connectivity index (χ2v) is 3.93. The average molecular weight is 202 g/mol. The van der Waals surface area contributed by atoms with Crippen LogP contribution in [0.3, 0.4) is 0 Å². The molecular weight excluding hydrogens is 188 g/mol. The van der Waals surface area contributed by atoms with Gasteiger partial charge in [-0.25, -0.2) is 0 Å². The molecule has 4 heteroatoms. The Morgan fingerprint density at radius 3 is 2.80 bits per heavy atom. The Labute approximate surface area is 89.0 Å². The molecule has 0 radical (unpaired) electrons. The molecule has 0 aliphatic carbocycles. The van der Waals surface area contributed by atoms with Crippen molar-refractivity contribution in [3.8, 4) is 11.4 Å². The van der Waals surface area contributed by atoms with Crippen LogP contribution in [-0.2, 0) is 6.54 Å². The van der Waals surface area contributed by atoms with Gasteiger partial charge < -0.3 is 0 Å². The van der Waals surface area contributed by atoms with E-state index >= 15 is 0 Å². The monoisotopic (exact) mass is 202 g/mol. The van der Waals surface area contributed by atoms with E-state index in [2.05, 4.69) is 29.1 Å². The lowest BCUT2D eigenvalue weighted by Gasteiger charge is -2.01. The molecule has 0 bridgehead atoms. The summed E-state index contributed by atoms with van der Waals surface area (Å²) in [6.45, 7) is 5.20. The highest BCUT2D eigenvalue weighted by Crippen LogP contribution is 2.12. The fraction of sp³-hybridized carbons (Fsp3) is 0.364. The molecule has 2 heterocycles. The van der Waals surface area contributed by atoms with Crippen LogP contribution in [-0.4, -0.2) is 20.0 Å². The Morgan fingerprint density at radius 2 is 2.13 bits per heavy atom. The van der Waals surface area contributed by atoms with Gasteiger partial charge in [0.1, 0.15) is 5.69 Å². The third-order valence-corrected chi connectivity index (χ3v) is 2.02. The molecule has 0 aliphatic rings. The van der Waals surface area contributed by atoms with Crippen LogP contribution in [0.1, 0.15) is 13.8 Å². The summed E-state index contributed by atoms with van der Waals surface area (Å²) in [5, 5.41) is 8.15. The van der Waals surface area contributed by atoms with Crippen LogP contribution in [0.25, 0.3) is 11.4 Å². The first-order valence-electron chi connectivity index (χ1n) is 5.07. The molecule has 0 atom stereocenters. The Bertz CT molecular complexity index is 419. The van der Waals surface area contributed by atoms with Crippen molar-refractivity contribution in [3.05, 3.63) is 30.6 Å². The fourth-order valence-corrected chi connectivity index (χ4v) is 1.39. The first-order valence-corrected chi connectivity index (χ1v) is 5.07. The molecule has 0 saturated carbocycles. The first-order chi connectivity index (χ1) is 7.25. The van der Waals surface area contributed by atoms with Crippen LogP contribution in [0.15, 0.2) is 30.6 Å². The second-order valence-electron chi connectivity index (χ2n) is 3.93. The summed E-state index contributed by atoms with van der Waals surface area (Å²) in [5.41, 5.74) is 1.70. The molecule has 4 nitrogen and oxygen atoms in total. The summed E-state index contributed by atoms with van der Waals surface area (Å²) in [6.07, 6.45) is 3.69. The quantitative estimate of drug-likeness (QED) is 0.764. The number of pyridine rings is 1. The maximum Gasteiger partial charge on any atom is 0.131 e. The zero-order valence-electron chi connectivity index (χ0n) is 8.96. The van der Waals surface area contributed by atoms with Gasteiger partial charge in [0.15, 0.2) is 0 Å². The lowest BCUT2D eigenvalue weighted by molar-refractivity contribution is 0.472. The lowest BCUT2D eigenvalue weighted by atomic mass is 10.2. The van der Waals surface area contributed by atoms with Crippen molar-refractivity contribution in [2.45, 2.75) is 20.4 Å². The normalized spacial score (nSPS) is 10.9. The molecule has 0 saturated heterocycles. The van der Waals surface area contributed by atoms with E-state index in [1.54, 1.807) is 6.20 Å². The predicted octanol–water partition coefficient (Wildman–Crippen LogP) is 2.00. The summed E-state index contributed by atoms with van der Waals surface area (Å²) in [4.78, 5) is 4.23.